The molecule has 198 valence electrons. The van der Waals surface area contributed by atoms with Crippen LogP contribution in [0.25, 0.3) is 0 Å². The maximum Gasteiger partial charge on any atom is 0.243 e. The molecule has 0 aromatic heterocycles. The fourth-order valence-corrected chi connectivity index (χ4v) is 6.16. The van der Waals surface area contributed by atoms with Crippen molar-refractivity contribution in [1.29, 1.82) is 0 Å². The number of carbonyl (C=O) groups is 2. The summed E-state index contributed by atoms with van der Waals surface area (Å²) in [6, 6.07) is 14.9. The molecule has 2 aromatic carbocycles. The van der Waals surface area contributed by atoms with E-state index in [2.05, 4.69) is 41.1 Å². The van der Waals surface area contributed by atoms with Gasteiger partial charge in [-0.05, 0) is 68.4 Å². The first-order valence-corrected chi connectivity index (χ1v) is 13.7. The Bertz CT molecular complexity index is 1110. The Hall–Kier alpha value is -2.38. The van der Waals surface area contributed by atoms with Crippen molar-refractivity contribution in [2.24, 2.45) is 5.73 Å². The number of amides is 2. The second-order valence-electron chi connectivity index (χ2n) is 10.4. The normalized spacial score (nSPS) is 22.9. The van der Waals surface area contributed by atoms with Crippen molar-refractivity contribution in [3.05, 3.63) is 81.9 Å². The van der Waals surface area contributed by atoms with Gasteiger partial charge in [0.15, 0.2) is 0 Å². The van der Waals surface area contributed by atoms with Crippen LogP contribution >= 0.6 is 23.2 Å². The number of benzene rings is 2. The van der Waals surface area contributed by atoms with E-state index in [1.807, 2.05) is 13.0 Å². The zero-order chi connectivity index (χ0) is 26.5. The number of aryl methyl sites for hydroxylation is 1. The molecule has 8 heteroatoms. The highest BCUT2D eigenvalue weighted by Gasteiger charge is 2.45. The topological polar surface area (TPSA) is 78.7 Å². The molecule has 2 amide bonds. The summed E-state index contributed by atoms with van der Waals surface area (Å²) < 4.78 is 0. The van der Waals surface area contributed by atoms with Crippen LogP contribution in [0.5, 0.6) is 0 Å². The van der Waals surface area contributed by atoms with Crippen molar-refractivity contribution in [3.63, 3.8) is 0 Å². The second-order valence-corrected chi connectivity index (χ2v) is 11.3. The van der Waals surface area contributed by atoms with E-state index in [-0.39, 0.29) is 36.5 Å². The van der Waals surface area contributed by atoms with E-state index in [1.54, 1.807) is 23.1 Å². The summed E-state index contributed by atoms with van der Waals surface area (Å²) in [5, 5.41) is 4.02. The van der Waals surface area contributed by atoms with Crippen molar-refractivity contribution < 1.29 is 9.59 Å². The third kappa shape index (κ3) is 7.14. The second kappa shape index (κ2) is 12.4. The third-order valence-electron chi connectivity index (χ3n) is 7.33. The van der Waals surface area contributed by atoms with E-state index in [0.29, 0.717) is 36.0 Å². The van der Waals surface area contributed by atoms with Crippen LogP contribution in [0.2, 0.25) is 10.0 Å². The Kier molecular flexibility index (Phi) is 9.30. The smallest absolute Gasteiger partial charge is 0.243 e. The summed E-state index contributed by atoms with van der Waals surface area (Å²) in [4.78, 5) is 31.4. The van der Waals surface area contributed by atoms with Gasteiger partial charge in [0.05, 0.1) is 6.04 Å². The van der Waals surface area contributed by atoms with Crippen LogP contribution in [0.3, 0.4) is 0 Å². The largest absolute Gasteiger partial charge is 0.350 e. The number of carbonyl (C=O) groups excluding carboxylic acids is 2. The Morgan fingerprint density at radius 1 is 1.16 bits per heavy atom. The maximum absolute atomic E-state index is 13.9. The number of hydrogen-bond acceptors (Lipinski definition) is 4. The molecule has 6 nitrogen and oxygen atoms in total. The van der Waals surface area contributed by atoms with Gasteiger partial charge < -0.3 is 16.0 Å². The summed E-state index contributed by atoms with van der Waals surface area (Å²) in [7, 11) is 0. The average Bonchev–Trinajstić information content (AvgIpc) is 3.19. The summed E-state index contributed by atoms with van der Waals surface area (Å²) >= 11 is 12.2. The molecule has 2 saturated heterocycles. The van der Waals surface area contributed by atoms with Crippen LogP contribution in [0.4, 0.5) is 0 Å². The molecule has 2 fully saturated rings. The zero-order valence-electron chi connectivity index (χ0n) is 21.3. The van der Waals surface area contributed by atoms with Crippen molar-refractivity contribution in [2.75, 3.05) is 13.1 Å². The first-order chi connectivity index (χ1) is 17.7. The standard InChI is InChI=1S/C29H36Cl2N4O2/c1-19(2)12-26(28(36)33-17-21-13-22(30)15-23(31)14-21)34-11-10-25(9-8-20-6-4-3-5-7-20)35-18-24(32)16-27(35)29(34)37/h3-7,13-15,24-27H,1,8-12,16-18,32H2,2H3,(H,33,36)/t24-,25?,26-,27+/m1/s1. The van der Waals surface area contributed by atoms with E-state index in [1.165, 1.54) is 5.56 Å². The molecular weight excluding hydrogens is 507 g/mol. The molecule has 0 radical (unpaired) electrons. The fraction of sp³-hybridized carbons (Fsp3) is 0.448. The van der Waals surface area contributed by atoms with Gasteiger partial charge >= 0.3 is 0 Å². The van der Waals surface area contributed by atoms with Crippen molar-refractivity contribution in [3.8, 4) is 0 Å². The van der Waals surface area contributed by atoms with Gasteiger partial charge in [0.25, 0.3) is 0 Å². The minimum absolute atomic E-state index is 0.0117. The predicted molar refractivity (Wildman–Crippen MR) is 149 cm³/mol. The van der Waals surface area contributed by atoms with E-state index in [4.69, 9.17) is 28.9 Å². The molecule has 37 heavy (non-hydrogen) atoms. The highest BCUT2D eigenvalue weighted by molar-refractivity contribution is 6.34. The highest BCUT2D eigenvalue weighted by atomic mass is 35.5. The van der Waals surface area contributed by atoms with Crippen LogP contribution in [0, 0.1) is 0 Å². The van der Waals surface area contributed by atoms with Crippen LogP contribution in [-0.2, 0) is 22.6 Å². The molecule has 0 bridgehead atoms. The Labute approximate surface area is 229 Å². The van der Waals surface area contributed by atoms with Crippen molar-refractivity contribution >= 4 is 35.0 Å². The Morgan fingerprint density at radius 3 is 2.54 bits per heavy atom. The number of nitrogens with zero attached hydrogens (tertiary/aromatic N) is 2. The van der Waals surface area contributed by atoms with E-state index in [9.17, 15) is 9.59 Å². The molecule has 4 atom stereocenters. The van der Waals surface area contributed by atoms with Gasteiger partial charge in [0, 0.05) is 41.8 Å². The molecule has 1 unspecified atom stereocenters. The van der Waals surface area contributed by atoms with Crippen LogP contribution in [0.1, 0.15) is 43.7 Å². The highest BCUT2D eigenvalue weighted by Crippen LogP contribution is 2.30. The third-order valence-corrected chi connectivity index (χ3v) is 7.77. The summed E-state index contributed by atoms with van der Waals surface area (Å²) in [6.07, 6.45) is 3.70. The lowest BCUT2D eigenvalue weighted by Crippen LogP contribution is -2.53. The lowest BCUT2D eigenvalue weighted by molar-refractivity contribution is -0.142. The number of hydrogen-bond donors (Lipinski definition) is 2. The molecule has 2 heterocycles. The minimum atomic E-state index is -0.633. The molecule has 0 spiro atoms. The first-order valence-electron chi connectivity index (χ1n) is 12.9. The Morgan fingerprint density at radius 2 is 1.86 bits per heavy atom. The first kappa shape index (κ1) is 27.6. The molecule has 2 aliphatic heterocycles. The van der Waals surface area contributed by atoms with E-state index < -0.39 is 6.04 Å². The Balaban J connectivity index is 1.51. The van der Waals surface area contributed by atoms with E-state index in [0.717, 1.165) is 30.4 Å². The number of nitrogens with one attached hydrogen (secondary N) is 1. The number of halogens is 2. The minimum Gasteiger partial charge on any atom is -0.350 e. The van der Waals surface area contributed by atoms with Gasteiger partial charge in [0.2, 0.25) is 11.8 Å². The average molecular weight is 544 g/mol. The fourth-order valence-electron chi connectivity index (χ4n) is 5.59. The van der Waals surface area contributed by atoms with Crippen LogP contribution < -0.4 is 11.1 Å². The lowest BCUT2D eigenvalue weighted by atomic mass is 10.0. The quantitative estimate of drug-likeness (QED) is 0.454. The maximum atomic E-state index is 13.9. The SMILES string of the molecule is C=C(C)C[C@H](C(=O)NCc1cc(Cl)cc(Cl)c1)N1CCC(CCc2ccccc2)N2C[C@H](N)C[C@H]2C1=O. The van der Waals surface area contributed by atoms with Gasteiger partial charge in [-0.15, -0.1) is 6.58 Å². The molecule has 4 rings (SSSR count). The number of nitrogens with two attached hydrogens (primary N) is 1. The zero-order valence-corrected chi connectivity index (χ0v) is 22.8. The van der Waals surface area contributed by atoms with Crippen molar-refractivity contribution in [1.82, 2.24) is 15.1 Å². The van der Waals surface area contributed by atoms with Gasteiger partial charge in [0.1, 0.15) is 6.04 Å². The summed E-state index contributed by atoms with van der Waals surface area (Å²) in [6.45, 7) is 7.42. The van der Waals surface area contributed by atoms with Gasteiger partial charge in [-0.2, -0.15) is 0 Å². The molecular formula is C29H36Cl2N4O2. The lowest BCUT2D eigenvalue weighted by Gasteiger charge is -2.32. The van der Waals surface area contributed by atoms with Crippen LogP contribution in [-0.4, -0.2) is 58.9 Å². The van der Waals surface area contributed by atoms with E-state index >= 15 is 0 Å². The summed E-state index contributed by atoms with van der Waals surface area (Å²) in [5.41, 5.74) is 9.29. The summed E-state index contributed by atoms with van der Waals surface area (Å²) in [5.74, 6) is -0.216. The van der Waals surface area contributed by atoms with Gasteiger partial charge in [-0.25, -0.2) is 0 Å². The van der Waals surface area contributed by atoms with Crippen LogP contribution in [0.15, 0.2) is 60.7 Å². The van der Waals surface area contributed by atoms with Gasteiger partial charge in [-0.3, -0.25) is 14.5 Å². The molecule has 0 aliphatic carbocycles. The number of rotatable bonds is 9. The monoisotopic (exact) mass is 542 g/mol. The molecule has 2 aliphatic rings. The molecule has 0 saturated carbocycles. The predicted octanol–water partition coefficient (Wildman–Crippen LogP) is 4.58. The molecule has 3 N–H and O–H groups in total. The number of fused-ring (bicyclic) bond motifs is 1. The molecule has 2 aromatic rings. The van der Waals surface area contributed by atoms with Crippen molar-refractivity contribution in [2.45, 2.75) is 69.7 Å². The van der Waals surface area contributed by atoms with Gasteiger partial charge in [-0.1, -0.05) is 59.1 Å².